The van der Waals surface area contributed by atoms with Gasteiger partial charge in [-0.2, -0.15) is 0 Å². The second-order valence-electron chi connectivity index (χ2n) is 5.25. The fourth-order valence-electron chi connectivity index (χ4n) is 2.37. The van der Waals surface area contributed by atoms with Gasteiger partial charge in [0.25, 0.3) is 0 Å². The molecule has 16 heavy (non-hydrogen) atoms. The molecule has 0 saturated heterocycles. The van der Waals surface area contributed by atoms with Crippen LogP contribution in [0.3, 0.4) is 0 Å². The minimum Gasteiger partial charge on any atom is -0.490 e. The van der Waals surface area contributed by atoms with Gasteiger partial charge in [-0.25, -0.2) is 0 Å². The van der Waals surface area contributed by atoms with E-state index in [1.54, 1.807) is 0 Å². The van der Waals surface area contributed by atoms with Gasteiger partial charge in [-0.3, -0.25) is 0 Å². The molecular formula is C14H21NO. The molecule has 88 valence electrons. The zero-order chi connectivity index (χ0) is 11.7. The summed E-state index contributed by atoms with van der Waals surface area (Å²) >= 11 is 0. The van der Waals surface area contributed by atoms with Crippen molar-refractivity contribution in [2.45, 2.75) is 45.8 Å². The molecule has 2 rings (SSSR count). The van der Waals surface area contributed by atoms with Gasteiger partial charge < -0.3 is 10.5 Å². The number of benzene rings is 1. The summed E-state index contributed by atoms with van der Waals surface area (Å²) in [6, 6.07) is 6.42. The zero-order valence-electron chi connectivity index (χ0n) is 10.4. The van der Waals surface area contributed by atoms with Gasteiger partial charge in [-0.1, -0.05) is 31.5 Å². The van der Waals surface area contributed by atoms with Gasteiger partial charge in [-0.15, -0.1) is 0 Å². The molecule has 2 atom stereocenters. The van der Waals surface area contributed by atoms with Crippen LogP contribution >= 0.6 is 0 Å². The van der Waals surface area contributed by atoms with Gasteiger partial charge in [-0.05, 0) is 25.3 Å². The monoisotopic (exact) mass is 219 g/mol. The molecule has 0 radical (unpaired) electrons. The van der Waals surface area contributed by atoms with Crippen LogP contribution in [0.5, 0.6) is 5.75 Å². The van der Waals surface area contributed by atoms with E-state index in [1.807, 2.05) is 0 Å². The SMILES string of the molecule is Cc1ccc2c(c1)C(N)CC(CC(C)C)O2. The van der Waals surface area contributed by atoms with E-state index in [2.05, 4.69) is 39.0 Å². The summed E-state index contributed by atoms with van der Waals surface area (Å²) in [7, 11) is 0. The molecule has 1 aromatic rings. The fraction of sp³-hybridized carbons (Fsp3) is 0.571. The van der Waals surface area contributed by atoms with E-state index in [9.17, 15) is 0 Å². The summed E-state index contributed by atoms with van der Waals surface area (Å²) < 4.78 is 5.99. The topological polar surface area (TPSA) is 35.2 Å². The van der Waals surface area contributed by atoms with Crippen LogP contribution in [0, 0.1) is 12.8 Å². The Hall–Kier alpha value is -1.02. The van der Waals surface area contributed by atoms with Crippen molar-refractivity contribution in [3.05, 3.63) is 29.3 Å². The highest BCUT2D eigenvalue weighted by molar-refractivity contribution is 5.40. The predicted molar refractivity (Wildman–Crippen MR) is 66.6 cm³/mol. The van der Waals surface area contributed by atoms with E-state index in [4.69, 9.17) is 10.5 Å². The van der Waals surface area contributed by atoms with Crippen molar-refractivity contribution in [3.8, 4) is 5.75 Å². The molecule has 0 amide bonds. The van der Waals surface area contributed by atoms with Crippen molar-refractivity contribution in [3.63, 3.8) is 0 Å². The molecule has 2 N–H and O–H groups in total. The Labute approximate surface area is 97.8 Å². The van der Waals surface area contributed by atoms with E-state index >= 15 is 0 Å². The van der Waals surface area contributed by atoms with Crippen molar-refractivity contribution in [1.29, 1.82) is 0 Å². The highest BCUT2D eigenvalue weighted by Gasteiger charge is 2.26. The molecule has 1 heterocycles. The minimum absolute atomic E-state index is 0.132. The summed E-state index contributed by atoms with van der Waals surface area (Å²) in [6.07, 6.45) is 2.31. The number of aryl methyl sites for hydroxylation is 1. The van der Waals surface area contributed by atoms with Gasteiger partial charge in [0.1, 0.15) is 11.9 Å². The number of fused-ring (bicyclic) bond motifs is 1. The van der Waals surface area contributed by atoms with Gasteiger partial charge in [0.15, 0.2) is 0 Å². The van der Waals surface area contributed by atoms with Gasteiger partial charge in [0.05, 0.1) is 0 Å². The molecule has 1 aliphatic heterocycles. The summed E-state index contributed by atoms with van der Waals surface area (Å²) in [5.41, 5.74) is 8.62. The summed E-state index contributed by atoms with van der Waals surface area (Å²) in [6.45, 7) is 6.53. The van der Waals surface area contributed by atoms with Crippen molar-refractivity contribution in [2.75, 3.05) is 0 Å². The molecule has 0 aliphatic carbocycles. The maximum Gasteiger partial charge on any atom is 0.124 e. The van der Waals surface area contributed by atoms with Gasteiger partial charge in [0, 0.05) is 18.0 Å². The lowest BCUT2D eigenvalue weighted by Gasteiger charge is -2.31. The average Bonchev–Trinajstić information content (AvgIpc) is 2.18. The van der Waals surface area contributed by atoms with E-state index in [1.165, 1.54) is 11.1 Å². The standard InChI is InChI=1S/C14H21NO/c1-9(2)6-11-8-13(15)12-7-10(3)4-5-14(12)16-11/h4-5,7,9,11,13H,6,8,15H2,1-3H3. The van der Waals surface area contributed by atoms with Crippen LogP contribution in [0.25, 0.3) is 0 Å². The number of hydrogen-bond acceptors (Lipinski definition) is 2. The summed E-state index contributed by atoms with van der Waals surface area (Å²) in [5.74, 6) is 1.64. The van der Waals surface area contributed by atoms with Crippen LogP contribution < -0.4 is 10.5 Å². The second kappa shape index (κ2) is 4.46. The first-order chi connectivity index (χ1) is 7.56. The Morgan fingerprint density at radius 1 is 1.44 bits per heavy atom. The normalized spacial score (nSPS) is 24.1. The Kier molecular flexibility index (Phi) is 3.20. The first-order valence-corrected chi connectivity index (χ1v) is 6.09. The molecule has 0 saturated carbocycles. The van der Waals surface area contributed by atoms with E-state index in [0.717, 1.165) is 18.6 Å². The van der Waals surface area contributed by atoms with Gasteiger partial charge >= 0.3 is 0 Å². The van der Waals surface area contributed by atoms with Crippen LogP contribution in [-0.4, -0.2) is 6.10 Å². The lowest BCUT2D eigenvalue weighted by atomic mass is 9.92. The van der Waals surface area contributed by atoms with E-state index < -0.39 is 0 Å². The first-order valence-electron chi connectivity index (χ1n) is 6.09. The van der Waals surface area contributed by atoms with Crippen molar-refractivity contribution in [1.82, 2.24) is 0 Å². The maximum atomic E-state index is 6.20. The first kappa shape index (κ1) is 11.5. The summed E-state index contributed by atoms with van der Waals surface area (Å²) in [4.78, 5) is 0. The fourth-order valence-corrected chi connectivity index (χ4v) is 2.37. The summed E-state index contributed by atoms with van der Waals surface area (Å²) in [5, 5.41) is 0. The molecule has 1 aromatic carbocycles. The molecule has 0 bridgehead atoms. The maximum absolute atomic E-state index is 6.20. The Bertz CT molecular complexity index is 373. The van der Waals surface area contributed by atoms with Crippen LogP contribution in [0.1, 0.15) is 43.9 Å². The minimum atomic E-state index is 0.132. The highest BCUT2D eigenvalue weighted by Crippen LogP contribution is 2.35. The Balaban J connectivity index is 2.20. The molecular weight excluding hydrogens is 198 g/mol. The molecule has 0 fully saturated rings. The van der Waals surface area contributed by atoms with E-state index in [0.29, 0.717) is 5.92 Å². The third kappa shape index (κ3) is 2.38. The zero-order valence-corrected chi connectivity index (χ0v) is 10.4. The molecule has 2 nitrogen and oxygen atoms in total. The van der Waals surface area contributed by atoms with E-state index in [-0.39, 0.29) is 12.1 Å². The Morgan fingerprint density at radius 2 is 2.19 bits per heavy atom. The quantitative estimate of drug-likeness (QED) is 0.829. The molecule has 0 aromatic heterocycles. The van der Waals surface area contributed by atoms with Crippen molar-refractivity contribution in [2.24, 2.45) is 11.7 Å². The largest absolute Gasteiger partial charge is 0.490 e. The molecule has 1 aliphatic rings. The lowest BCUT2D eigenvalue weighted by molar-refractivity contribution is 0.136. The highest BCUT2D eigenvalue weighted by atomic mass is 16.5. The van der Waals surface area contributed by atoms with Gasteiger partial charge in [0.2, 0.25) is 0 Å². The van der Waals surface area contributed by atoms with Crippen LogP contribution in [0.2, 0.25) is 0 Å². The molecule has 0 spiro atoms. The second-order valence-corrected chi connectivity index (χ2v) is 5.25. The Morgan fingerprint density at radius 3 is 2.88 bits per heavy atom. The molecule has 2 unspecified atom stereocenters. The van der Waals surface area contributed by atoms with Crippen LogP contribution in [0.4, 0.5) is 0 Å². The third-order valence-electron chi connectivity index (χ3n) is 3.11. The van der Waals surface area contributed by atoms with Crippen molar-refractivity contribution < 1.29 is 4.74 Å². The number of hydrogen-bond donors (Lipinski definition) is 1. The smallest absolute Gasteiger partial charge is 0.124 e. The number of rotatable bonds is 2. The van der Waals surface area contributed by atoms with Crippen LogP contribution in [-0.2, 0) is 0 Å². The average molecular weight is 219 g/mol. The number of nitrogens with two attached hydrogens (primary N) is 1. The van der Waals surface area contributed by atoms with Crippen molar-refractivity contribution >= 4 is 0 Å². The molecule has 2 heteroatoms. The lowest BCUT2D eigenvalue weighted by Crippen LogP contribution is -2.30. The number of ether oxygens (including phenoxy) is 1. The third-order valence-corrected chi connectivity index (χ3v) is 3.11. The predicted octanol–water partition coefficient (Wildman–Crippen LogP) is 3.19. The van der Waals surface area contributed by atoms with Crippen LogP contribution in [0.15, 0.2) is 18.2 Å².